The number of quaternary nitrogens is 1. The van der Waals surface area contributed by atoms with Crippen LogP contribution in [0.1, 0.15) is 277 Å². The molecule has 2 N–H and O–H groups in total. The topological polar surface area (TPSA) is 108 Å². The summed E-state index contributed by atoms with van der Waals surface area (Å²) in [5, 5.41) is 13.9. The highest BCUT2D eigenvalue weighted by Gasteiger charge is 2.23. The van der Waals surface area contributed by atoms with Crippen LogP contribution < -0.4 is 10.2 Å². The number of aliphatic hydroxyl groups is 1. The van der Waals surface area contributed by atoms with Crippen molar-refractivity contribution in [2.75, 3.05) is 40.9 Å². The molecule has 0 aromatic carbocycles. The molecule has 0 aromatic rings. The van der Waals surface area contributed by atoms with E-state index in [9.17, 15) is 19.4 Å². The Morgan fingerprint density at radius 1 is 0.468 bits per heavy atom. The van der Waals surface area contributed by atoms with Gasteiger partial charge in [-0.15, -0.1) is 0 Å². The summed E-state index contributed by atoms with van der Waals surface area (Å²) in [7, 11) is 1.23. The Labute approximate surface area is 477 Å². The highest BCUT2D eigenvalue weighted by Crippen LogP contribution is 2.38. The van der Waals surface area contributed by atoms with Gasteiger partial charge in [-0.05, 0) is 83.5 Å². The summed E-state index contributed by atoms with van der Waals surface area (Å²) in [4.78, 5) is 25.6. The van der Waals surface area contributed by atoms with Crippen molar-refractivity contribution in [3.63, 3.8) is 0 Å². The first kappa shape index (κ1) is 74.4. The number of phosphoric ester groups is 1. The molecule has 3 unspecified atom stereocenters. The van der Waals surface area contributed by atoms with Crippen LogP contribution in [0.2, 0.25) is 0 Å². The van der Waals surface area contributed by atoms with Gasteiger partial charge >= 0.3 is 0 Å². The van der Waals surface area contributed by atoms with Crippen LogP contribution in [0.3, 0.4) is 0 Å². The lowest BCUT2D eigenvalue weighted by atomic mass is 10.0. The van der Waals surface area contributed by atoms with Gasteiger partial charge in [0.2, 0.25) is 5.91 Å². The summed E-state index contributed by atoms with van der Waals surface area (Å²) in [6.45, 7) is 4.53. The largest absolute Gasteiger partial charge is 0.756 e. The SMILES string of the molecule is CC/C=C\C/C=C\C/C=C\C/C=C\C/C=C\C/C=C\CCCCCCCCCCCCC(=O)NC(COP(=O)([O-])OCC[N+](C)(C)C)C(O)/C=C/CC/C=C/CCCCCCCCCCCCCCCCCCCCCC. The highest BCUT2D eigenvalue weighted by atomic mass is 31.2. The molecule has 9 heteroatoms. The summed E-state index contributed by atoms with van der Waals surface area (Å²) < 4.78 is 23.4. The lowest BCUT2D eigenvalue weighted by Gasteiger charge is -2.29. The zero-order valence-corrected chi connectivity index (χ0v) is 51.8. The van der Waals surface area contributed by atoms with E-state index < -0.39 is 26.6 Å². The minimum atomic E-state index is -4.62. The van der Waals surface area contributed by atoms with Crippen LogP contribution in [0.4, 0.5) is 0 Å². The number of aliphatic hydroxyl groups excluding tert-OH is 1. The standard InChI is InChI=1S/C68H123N2O6P/c1-6-8-10-12-14-16-18-20-22-24-26-28-30-32-34-35-36-38-40-42-44-46-48-50-52-54-56-58-60-62-68(72)69-66(65-76-77(73,74)75-64-63-70(3,4)5)67(71)61-59-57-55-53-51-49-47-45-43-41-39-37-33-31-29-27-25-23-21-19-17-15-13-11-9-7-2/h8,10,14,16,20,22,26,28,32,34,36,38,51,53,59,61,66-67,71H,6-7,9,11-13,15,17-19,21,23-25,27,29-31,33,35,37,39-50,52,54-58,60,62-65H2,1-5H3,(H-,69,72,73,74)/b10-8-,16-14-,22-20-,28-26-,34-32-,38-36-,53-51+,61-59+. The van der Waals surface area contributed by atoms with Crippen LogP contribution in [-0.4, -0.2) is 68.5 Å². The second-order valence-electron chi connectivity index (χ2n) is 22.7. The van der Waals surface area contributed by atoms with E-state index in [0.29, 0.717) is 17.4 Å². The quantitative estimate of drug-likeness (QED) is 0.0272. The zero-order chi connectivity index (χ0) is 56.3. The number of allylic oxidation sites excluding steroid dienone is 15. The van der Waals surface area contributed by atoms with Gasteiger partial charge in [-0.1, -0.05) is 284 Å². The molecule has 446 valence electrons. The fourth-order valence-electron chi connectivity index (χ4n) is 9.06. The molecule has 0 fully saturated rings. The molecule has 0 saturated heterocycles. The molecular weight excluding hydrogens is 972 g/mol. The van der Waals surface area contributed by atoms with Gasteiger partial charge in [0.15, 0.2) is 0 Å². The molecule has 0 rings (SSSR count). The molecule has 0 heterocycles. The van der Waals surface area contributed by atoms with Gasteiger partial charge in [0.25, 0.3) is 7.82 Å². The monoisotopic (exact) mass is 1090 g/mol. The van der Waals surface area contributed by atoms with E-state index in [2.05, 4.69) is 104 Å². The molecular formula is C68H123N2O6P. The van der Waals surface area contributed by atoms with Crippen molar-refractivity contribution < 1.29 is 32.9 Å². The van der Waals surface area contributed by atoms with Crippen LogP contribution >= 0.6 is 7.82 Å². The summed E-state index contributed by atoms with van der Waals surface area (Å²) >= 11 is 0. The van der Waals surface area contributed by atoms with Gasteiger partial charge in [0.1, 0.15) is 13.2 Å². The van der Waals surface area contributed by atoms with Gasteiger partial charge in [-0.2, -0.15) is 0 Å². The Balaban J connectivity index is 4.21. The Morgan fingerprint density at radius 3 is 1.21 bits per heavy atom. The molecule has 0 aromatic heterocycles. The van der Waals surface area contributed by atoms with E-state index in [-0.39, 0.29) is 12.5 Å². The summed E-state index contributed by atoms with van der Waals surface area (Å²) in [5.74, 6) is -0.213. The van der Waals surface area contributed by atoms with Crippen molar-refractivity contribution in [2.24, 2.45) is 0 Å². The fourth-order valence-corrected chi connectivity index (χ4v) is 9.78. The van der Waals surface area contributed by atoms with Gasteiger partial charge in [-0.3, -0.25) is 9.36 Å². The summed E-state index contributed by atoms with van der Waals surface area (Å²) in [6, 6.07) is -0.914. The Hall–Kier alpha value is -2.58. The molecule has 0 aliphatic rings. The molecule has 8 nitrogen and oxygen atoms in total. The zero-order valence-electron chi connectivity index (χ0n) is 50.9. The predicted octanol–water partition coefficient (Wildman–Crippen LogP) is 19.5. The summed E-state index contributed by atoms with van der Waals surface area (Å²) in [6.07, 6.45) is 83.6. The maximum absolute atomic E-state index is 13.0. The fraction of sp³-hybridized carbons (Fsp3) is 0.750. The number of phosphoric acid groups is 1. The van der Waals surface area contributed by atoms with E-state index in [1.165, 1.54) is 173 Å². The maximum Gasteiger partial charge on any atom is 0.268 e. The van der Waals surface area contributed by atoms with Gasteiger partial charge < -0.3 is 28.8 Å². The number of hydrogen-bond donors (Lipinski definition) is 2. The molecule has 0 saturated carbocycles. The molecule has 0 radical (unpaired) electrons. The van der Waals surface area contributed by atoms with Crippen LogP contribution in [0, 0.1) is 0 Å². The molecule has 77 heavy (non-hydrogen) atoms. The first-order chi connectivity index (χ1) is 37.5. The van der Waals surface area contributed by atoms with E-state index in [1.54, 1.807) is 6.08 Å². The van der Waals surface area contributed by atoms with Gasteiger partial charge in [-0.25, -0.2) is 0 Å². The lowest BCUT2D eigenvalue weighted by molar-refractivity contribution is -0.870. The number of likely N-dealkylation sites (N-methyl/N-ethyl adjacent to an activating group) is 1. The van der Waals surface area contributed by atoms with Crippen molar-refractivity contribution in [3.8, 4) is 0 Å². The number of carbonyl (C=O) groups excluding carboxylic acids is 1. The van der Waals surface area contributed by atoms with E-state index in [1.807, 2.05) is 27.2 Å². The number of hydrogen-bond acceptors (Lipinski definition) is 6. The normalized spacial score (nSPS) is 14.4. The average Bonchev–Trinajstić information content (AvgIpc) is 3.39. The third-order valence-corrected chi connectivity index (χ3v) is 15.0. The minimum absolute atomic E-state index is 0.0113. The molecule has 3 atom stereocenters. The number of amides is 1. The van der Waals surface area contributed by atoms with E-state index in [4.69, 9.17) is 9.05 Å². The number of rotatable bonds is 58. The van der Waals surface area contributed by atoms with Gasteiger partial charge in [0.05, 0.1) is 39.9 Å². The Kier molecular flexibility index (Phi) is 56.1. The van der Waals surface area contributed by atoms with E-state index >= 15 is 0 Å². The number of carbonyl (C=O) groups is 1. The van der Waals surface area contributed by atoms with Gasteiger partial charge in [0, 0.05) is 6.42 Å². The van der Waals surface area contributed by atoms with E-state index in [0.717, 1.165) is 83.5 Å². The minimum Gasteiger partial charge on any atom is -0.756 e. The van der Waals surface area contributed by atoms with Crippen molar-refractivity contribution in [3.05, 3.63) is 97.2 Å². The van der Waals surface area contributed by atoms with Crippen molar-refractivity contribution in [1.29, 1.82) is 0 Å². The second-order valence-corrected chi connectivity index (χ2v) is 24.1. The smallest absolute Gasteiger partial charge is 0.268 e. The number of nitrogens with zero attached hydrogens (tertiary/aromatic N) is 1. The average molecular weight is 1100 g/mol. The molecule has 0 spiro atoms. The molecule has 1 amide bonds. The first-order valence-electron chi connectivity index (χ1n) is 32.1. The predicted molar refractivity (Wildman–Crippen MR) is 334 cm³/mol. The third kappa shape index (κ3) is 60.9. The first-order valence-corrected chi connectivity index (χ1v) is 33.6. The van der Waals surface area contributed by atoms with Crippen LogP contribution in [0.5, 0.6) is 0 Å². The number of unbranched alkanes of at least 4 members (excludes halogenated alkanes) is 31. The van der Waals surface area contributed by atoms with Crippen molar-refractivity contribution in [1.82, 2.24) is 5.32 Å². The molecule has 0 aliphatic carbocycles. The lowest BCUT2D eigenvalue weighted by Crippen LogP contribution is -2.45. The van der Waals surface area contributed by atoms with Crippen LogP contribution in [-0.2, 0) is 18.4 Å². The third-order valence-electron chi connectivity index (χ3n) is 14.0. The van der Waals surface area contributed by atoms with Crippen LogP contribution in [0.15, 0.2) is 97.2 Å². The van der Waals surface area contributed by atoms with Crippen molar-refractivity contribution >= 4 is 13.7 Å². The second kappa shape index (κ2) is 58.1. The number of nitrogens with one attached hydrogen (secondary N) is 1. The highest BCUT2D eigenvalue weighted by molar-refractivity contribution is 7.45. The molecule has 0 bridgehead atoms. The maximum atomic E-state index is 13.0. The summed E-state index contributed by atoms with van der Waals surface area (Å²) in [5.41, 5.74) is 0. The van der Waals surface area contributed by atoms with Crippen LogP contribution in [0.25, 0.3) is 0 Å². The molecule has 0 aliphatic heterocycles. The Morgan fingerprint density at radius 2 is 0.805 bits per heavy atom. The van der Waals surface area contributed by atoms with Crippen molar-refractivity contribution in [2.45, 2.75) is 289 Å². The Bertz CT molecular complexity index is 1570.